The third kappa shape index (κ3) is 5.36. The van der Waals surface area contributed by atoms with Crippen LogP contribution in [0.3, 0.4) is 0 Å². The normalized spacial score (nSPS) is 12.8. The van der Waals surface area contributed by atoms with Gasteiger partial charge in [0.1, 0.15) is 5.60 Å². The van der Waals surface area contributed by atoms with E-state index in [0.29, 0.717) is 0 Å². The molecule has 0 saturated carbocycles. The van der Waals surface area contributed by atoms with Crippen LogP contribution in [0.4, 0.5) is 0 Å². The number of hydrogen-bond donors (Lipinski definition) is 0. The molecule has 0 aliphatic heterocycles. The predicted octanol–water partition coefficient (Wildman–Crippen LogP) is 1.56. The van der Waals surface area contributed by atoms with Crippen LogP contribution in [0.5, 0.6) is 0 Å². The van der Waals surface area contributed by atoms with Gasteiger partial charge in [0.2, 0.25) is 5.78 Å². The second kappa shape index (κ2) is 4.80. The zero-order chi connectivity index (χ0) is 11.4. The highest BCUT2D eigenvalue weighted by molar-refractivity contribution is 5.98. The first-order chi connectivity index (χ1) is 6.26. The van der Waals surface area contributed by atoms with Gasteiger partial charge in [-0.1, -0.05) is 6.92 Å². The molecule has 0 aliphatic rings. The number of ether oxygens (including phenoxy) is 1. The van der Waals surface area contributed by atoms with Crippen LogP contribution in [0.25, 0.3) is 0 Å². The summed E-state index contributed by atoms with van der Waals surface area (Å²) in [5.41, 5.74) is -0.518. The fraction of sp³-hybridized carbons (Fsp3) is 0.636. The molecule has 0 aromatic heterocycles. The molecule has 0 fully saturated rings. The molecule has 0 spiro atoms. The van der Waals surface area contributed by atoms with E-state index in [9.17, 15) is 9.59 Å². The van der Waals surface area contributed by atoms with Crippen LogP contribution >= 0.6 is 0 Å². The number of carbonyl (C=O) groups is 2. The Balaban J connectivity index is 4.09. The molecule has 0 aromatic rings. The standard InChI is InChI=1S/C11H16O3/c1-6-9(12)8(2)7-10(13)14-11(3,4)5/h1,8H,7H2,2-5H3/t8-/m1/s1. The van der Waals surface area contributed by atoms with Crippen molar-refractivity contribution < 1.29 is 14.3 Å². The predicted molar refractivity (Wildman–Crippen MR) is 53.5 cm³/mol. The Hall–Kier alpha value is -1.30. The number of rotatable bonds is 3. The Labute approximate surface area is 84.8 Å². The first-order valence-corrected chi connectivity index (χ1v) is 4.48. The van der Waals surface area contributed by atoms with Crippen LogP contribution in [0.15, 0.2) is 0 Å². The minimum absolute atomic E-state index is 0.0420. The molecule has 0 bridgehead atoms. The topological polar surface area (TPSA) is 43.4 Å². The quantitative estimate of drug-likeness (QED) is 0.391. The number of carbonyl (C=O) groups excluding carboxylic acids is 2. The van der Waals surface area contributed by atoms with Gasteiger partial charge in [-0.2, -0.15) is 0 Å². The maximum atomic E-state index is 11.2. The van der Waals surface area contributed by atoms with Crippen LogP contribution in [0, 0.1) is 18.3 Å². The molecule has 3 heteroatoms. The van der Waals surface area contributed by atoms with Gasteiger partial charge in [0.25, 0.3) is 0 Å². The summed E-state index contributed by atoms with van der Waals surface area (Å²) in [5.74, 6) is 0.763. The van der Waals surface area contributed by atoms with Crippen molar-refractivity contribution in [1.82, 2.24) is 0 Å². The van der Waals surface area contributed by atoms with Gasteiger partial charge in [-0.15, -0.1) is 6.42 Å². The Morgan fingerprint density at radius 2 is 1.93 bits per heavy atom. The van der Waals surface area contributed by atoms with Gasteiger partial charge < -0.3 is 4.74 Å². The van der Waals surface area contributed by atoms with Crippen LogP contribution in [0.1, 0.15) is 34.1 Å². The summed E-state index contributed by atoms with van der Waals surface area (Å²) < 4.78 is 5.04. The summed E-state index contributed by atoms with van der Waals surface area (Å²) >= 11 is 0. The van der Waals surface area contributed by atoms with E-state index in [-0.39, 0.29) is 12.2 Å². The zero-order valence-corrected chi connectivity index (χ0v) is 9.09. The average molecular weight is 196 g/mol. The van der Waals surface area contributed by atoms with Crippen molar-refractivity contribution >= 4 is 11.8 Å². The monoisotopic (exact) mass is 196 g/mol. The Bertz CT molecular complexity index is 265. The van der Waals surface area contributed by atoms with Crippen molar-refractivity contribution in [3.05, 3.63) is 0 Å². The van der Waals surface area contributed by atoms with E-state index in [2.05, 4.69) is 0 Å². The Morgan fingerprint density at radius 3 is 2.29 bits per heavy atom. The minimum Gasteiger partial charge on any atom is -0.460 e. The lowest BCUT2D eigenvalue weighted by Gasteiger charge is -2.20. The van der Waals surface area contributed by atoms with Crippen molar-refractivity contribution in [3.8, 4) is 12.3 Å². The van der Waals surface area contributed by atoms with Gasteiger partial charge in [-0.25, -0.2) is 0 Å². The van der Waals surface area contributed by atoms with Gasteiger partial charge >= 0.3 is 5.97 Å². The van der Waals surface area contributed by atoms with E-state index in [0.717, 1.165) is 0 Å². The summed E-state index contributed by atoms with van der Waals surface area (Å²) in [4.78, 5) is 22.2. The molecule has 1 atom stereocenters. The smallest absolute Gasteiger partial charge is 0.307 e. The van der Waals surface area contributed by atoms with Crippen molar-refractivity contribution in [2.75, 3.05) is 0 Å². The molecule has 0 amide bonds. The minimum atomic E-state index is -0.518. The summed E-state index contributed by atoms with van der Waals surface area (Å²) in [6.07, 6.45) is 4.97. The van der Waals surface area contributed by atoms with Gasteiger partial charge in [0.15, 0.2) is 0 Å². The van der Waals surface area contributed by atoms with E-state index in [1.165, 1.54) is 0 Å². The highest BCUT2D eigenvalue weighted by Gasteiger charge is 2.20. The van der Waals surface area contributed by atoms with Crippen molar-refractivity contribution in [3.63, 3.8) is 0 Å². The first-order valence-electron chi connectivity index (χ1n) is 4.48. The maximum absolute atomic E-state index is 11.2. The fourth-order valence-corrected chi connectivity index (χ4v) is 0.868. The van der Waals surface area contributed by atoms with Gasteiger partial charge in [0.05, 0.1) is 6.42 Å². The van der Waals surface area contributed by atoms with Gasteiger partial charge in [0, 0.05) is 5.92 Å². The molecule has 0 aliphatic carbocycles. The van der Waals surface area contributed by atoms with Gasteiger partial charge in [-0.3, -0.25) is 9.59 Å². The third-order valence-corrected chi connectivity index (χ3v) is 1.48. The molecule has 0 aromatic carbocycles. The molecule has 78 valence electrons. The maximum Gasteiger partial charge on any atom is 0.307 e. The van der Waals surface area contributed by atoms with E-state index >= 15 is 0 Å². The fourth-order valence-electron chi connectivity index (χ4n) is 0.868. The molecule has 0 saturated heterocycles. The molecule has 0 radical (unpaired) electrons. The second-order valence-corrected chi connectivity index (χ2v) is 4.20. The van der Waals surface area contributed by atoms with E-state index < -0.39 is 17.5 Å². The van der Waals surface area contributed by atoms with Gasteiger partial charge in [-0.05, 0) is 26.7 Å². The summed E-state index contributed by atoms with van der Waals surface area (Å²) in [6.45, 7) is 6.95. The SMILES string of the molecule is C#CC(=O)[C@H](C)CC(=O)OC(C)(C)C. The molecule has 0 heterocycles. The molecular weight excluding hydrogens is 180 g/mol. The molecule has 14 heavy (non-hydrogen) atoms. The van der Waals surface area contributed by atoms with Crippen LogP contribution < -0.4 is 0 Å². The summed E-state index contributed by atoms with van der Waals surface area (Å²) in [5, 5.41) is 0. The highest BCUT2D eigenvalue weighted by Crippen LogP contribution is 2.11. The lowest BCUT2D eigenvalue weighted by atomic mass is 10.0. The molecule has 3 nitrogen and oxygen atoms in total. The lowest BCUT2D eigenvalue weighted by molar-refractivity contribution is -0.156. The third-order valence-electron chi connectivity index (χ3n) is 1.48. The van der Waals surface area contributed by atoms with E-state index in [4.69, 9.17) is 11.2 Å². The molecule has 0 N–H and O–H groups in total. The first kappa shape index (κ1) is 12.7. The Kier molecular flexibility index (Phi) is 4.36. The van der Waals surface area contributed by atoms with Crippen LogP contribution in [-0.2, 0) is 14.3 Å². The highest BCUT2D eigenvalue weighted by atomic mass is 16.6. The number of Topliss-reactive ketones (excluding diaryl/α,β-unsaturated/α-hetero) is 1. The van der Waals surface area contributed by atoms with Crippen molar-refractivity contribution in [2.45, 2.75) is 39.7 Å². The zero-order valence-electron chi connectivity index (χ0n) is 9.09. The average Bonchev–Trinajstić information content (AvgIpc) is 1.99. The number of ketones is 1. The molecule has 0 unspecified atom stereocenters. The summed E-state index contributed by atoms with van der Waals surface area (Å²) in [7, 11) is 0. The number of hydrogen-bond acceptors (Lipinski definition) is 3. The largest absolute Gasteiger partial charge is 0.460 e. The van der Waals surface area contributed by atoms with E-state index in [1.807, 2.05) is 5.92 Å². The van der Waals surface area contributed by atoms with Crippen molar-refractivity contribution in [1.29, 1.82) is 0 Å². The van der Waals surface area contributed by atoms with E-state index in [1.54, 1.807) is 27.7 Å². The second-order valence-electron chi connectivity index (χ2n) is 4.20. The van der Waals surface area contributed by atoms with Crippen molar-refractivity contribution in [2.24, 2.45) is 5.92 Å². The number of esters is 1. The lowest BCUT2D eigenvalue weighted by Crippen LogP contribution is -2.26. The molecule has 0 rings (SSSR count). The van der Waals surface area contributed by atoms with Crippen LogP contribution in [0.2, 0.25) is 0 Å². The summed E-state index contributed by atoms with van der Waals surface area (Å²) in [6, 6.07) is 0. The molecular formula is C11H16O3. The van der Waals surface area contributed by atoms with Crippen LogP contribution in [-0.4, -0.2) is 17.4 Å². The number of terminal acetylenes is 1. The Morgan fingerprint density at radius 1 is 1.43 bits per heavy atom.